The van der Waals surface area contributed by atoms with Crippen molar-refractivity contribution in [3.63, 3.8) is 0 Å². The van der Waals surface area contributed by atoms with E-state index in [1.54, 1.807) is 40.8 Å². The molecule has 10 nitrogen and oxygen atoms in total. The Bertz CT molecular complexity index is 1090. The third-order valence-corrected chi connectivity index (χ3v) is 5.75. The zero-order valence-electron chi connectivity index (χ0n) is 18.8. The zero-order valence-corrected chi connectivity index (χ0v) is 18.8. The van der Waals surface area contributed by atoms with Crippen molar-refractivity contribution in [3.8, 4) is 17.2 Å². The Labute approximate surface area is 191 Å². The third kappa shape index (κ3) is 5.46. The summed E-state index contributed by atoms with van der Waals surface area (Å²) in [6.45, 7) is 5.70. The summed E-state index contributed by atoms with van der Waals surface area (Å²) in [5, 5.41) is 2.87. The number of carbonyl (C=O) groups excluding carboxylic acids is 2. The standard InChI is InChI=1S/C23H28N4O6/c1-16(28)26-7-5-25(6-8-26)13-18-12-19(29)22(31-2)14-27(18)15-23(30)24-17-3-4-20-21(11-17)33-10-9-32-20/h3-4,11-12,14H,5-10,13,15H2,1-2H3,(H,24,30). The fourth-order valence-electron chi connectivity index (χ4n) is 3.96. The molecule has 33 heavy (non-hydrogen) atoms. The van der Waals surface area contributed by atoms with Gasteiger partial charge in [-0.3, -0.25) is 19.3 Å². The first kappa shape index (κ1) is 22.7. The second kappa shape index (κ2) is 9.95. The lowest BCUT2D eigenvalue weighted by molar-refractivity contribution is -0.130. The molecule has 1 aromatic heterocycles. The number of carbonyl (C=O) groups is 2. The van der Waals surface area contributed by atoms with E-state index in [2.05, 4.69) is 10.2 Å². The predicted molar refractivity (Wildman–Crippen MR) is 121 cm³/mol. The molecular weight excluding hydrogens is 428 g/mol. The second-order valence-corrected chi connectivity index (χ2v) is 8.01. The van der Waals surface area contributed by atoms with E-state index in [1.807, 2.05) is 0 Å². The number of hydrogen-bond donors (Lipinski definition) is 1. The molecule has 4 rings (SSSR count). The molecule has 176 valence electrons. The molecule has 1 aromatic carbocycles. The summed E-state index contributed by atoms with van der Waals surface area (Å²) in [5.74, 6) is 1.23. The molecule has 1 fully saturated rings. The maximum Gasteiger partial charge on any atom is 0.244 e. The highest BCUT2D eigenvalue weighted by atomic mass is 16.6. The van der Waals surface area contributed by atoms with E-state index in [-0.39, 0.29) is 29.5 Å². The minimum absolute atomic E-state index is 0.00776. The minimum Gasteiger partial charge on any atom is -0.491 e. The molecule has 0 bridgehead atoms. The number of aromatic nitrogens is 1. The number of hydrogen-bond acceptors (Lipinski definition) is 7. The van der Waals surface area contributed by atoms with Gasteiger partial charge in [0.25, 0.3) is 0 Å². The van der Waals surface area contributed by atoms with Crippen molar-refractivity contribution in [2.24, 2.45) is 0 Å². The number of nitrogens with one attached hydrogen (secondary N) is 1. The van der Waals surface area contributed by atoms with Crippen LogP contribution in [0, 0.1) is 0 Å². The van der Waals surface area contributed by atoms with Crippen LogP contribution in [0.5, 0.6) is 17.2 Å². The molecule has 3 heterocycles. The number of anilines is 1. The third-order valence-electron chi connectivity index (χ3n) is 5.75. The largest absolute Gasteiger partial charge is 0.491 e. The van der Waals surface area contributed by atoms with Gasteiger partial charge in [-0.25, -0.2) is 0 Å². The Balaban J connectivity index is 1.47. The predicted octanol–water partition coefficient (Wildman–Crippen LogP) is 0.931. The lowest BCUT2D eigenvalue weighted by Crippen LogP contribution is -2.47. The van der Waals surface area contributed by atoms with Gasteiger partial charge in [0, 0.05) is 63.2 Å². The molecule has 1 N–H and O–H groups in total. The van der Waals surface area contributed by atoms with Crippen LogP contribution in [-0.2, 0) is 22.7 Å². The van der Waals surface area contributed by atoms with Crippen LogP contribution >= 0.6 is 0 Å². The summed E-state index contributed by atoms with van der Waals surface area (Å²) in [6, 6.07) is 6.76. The van der Waals surface area contributed by atoms with E-state index >= 15 is 0 Å². The molecular formula is C23H28N4O6. The number of methoxy groups -OCH3 is 1. The van der Waals surface area contributed by atoms with Crippen molar-refractivity contribution in [2.75, 3.05) is 51.8 Å². The number of rotatable bonds is 6. The van der Waals surface area contributed by atoms with Gasteiger partial charge >= 0.3 is 0 Å². The van der Waals surface area contributed by atoms with Crippen molar-refractivity contribution < 1.29 is 23.8 Å². The van der Waals surface area contributed by atoms with Gasteiger partial charge in [-0.1, -0.05) is 0 Å². The Morgan fingerprint density at radius 1 is 1.06 bits per heavy atom. The van der Waals surface area contributed by atoms with Crippen molar-refractivity contribution in [3.05, 3.63) is 46.4 Å². The molecule has 0 saturated carbocycles. The average Bonchev–Trinajstić information content (AvgIpc) is 2.81. The van der Waals surface area contributed by atoms with E-state index in [0.29, 0.717) is 68.8 Å². The van der Waals surface area contributed by atoms with Crippen molar-refractivity contribution >= 4 is 17.5 Å². The number of amides is 2. The summed E-state index contributed by atoms with van der Waals surface area (Å²) in [7, 11) is 1.43. The monoisotopic (exact) mass is 456 g/mol. The van der Waals surface area contributed by atoms with Crippen LogP contribution in [0.1, 0.15) is 12.6 Å². The molecule has 10 heteroatoms. The van der Waals surface area contributed by atoms with Gasteiger partial charge in [0.1, 0.15) is 19.8 Å². The van der Waals surface area contributed by atoms with Crippen LogP contribution < -0.4 is 25.0 Å². The van der Waals surface area contributed by atoms with Gasteiger partial charge in [-0.05, 0) is 12.1 Å². The van der Waals surface area contributed by atoms with Gasteiger partial charge in [-0.15, -0.1) is 0 Å². The van der Waals surface area contributed by atoms with Gasteiger partial charge in [0.05, 0.1) is 13.3 Å². The smallest absolute Gasteiger partial charge is 0.244 e. The Hall–Kier alpha value is -3.53. The minimum atomic E-state index is -0.250. The fourth-order valence-corrected chi connectivity index (χ4v) is 3.96. The van der Waals surface area contributed by atoms with Crippen LogP contribution in [0.4, 0.5) is 5.69 Å². The summed E-state index contributed by atoms with van der Waals surface area (Å²) < 4.78 is 18.0. The highest BCUT2D eigenvalue weighted by Gasteiger charge is 2.21. The van der Waals surface area contributed by atoms with E-state index in [9.17, 15) is 14.4 Å². The SMILES string of the molecule is COc1cn(CC(=O)Nc2ccc3c(c2)OCCO3)c(CN2CCN(C(C)=O)CC2)cc1=O. The molecule has 0 atom stereocenters. The van der Waals surface area contributed by atoms with Crippen LogP contribution in [0.2, 0.25) is 0 Å². The van der Waals surface area contributed by atoms with Gasteiger partial charge in [-0.2, -0.15) is 0 Å². The van der Waals surface area contributed by atoms with E-state index in [0.717, 1.165) is 0 Å². The number of ether oxygens (including phenoxy) is 3. The molecule has 0 aliphatic carbocycles. The van der Waals surface area contributed by atoms with Crippen LogP contribution in [0.15, 0.2) is 35.3 Å². The molecule has 0 spiro atoms. The van der Waals surface area contributed by atoms with Crippen molar-refractivity contribution in [1.29, 1.82) is 0 Å². The first-order chi connectivity index (χ1) is 15.9. The average molecular weight is 456 g/mol. The summed E-state index contributed by atoms with van der Waals surface area (Å²) in [4.78, 5) is 40.7. The van der Waals surface area contributed by atoms with Crippen LogP contribution in [0.3, 0.4) is 0 Å². The molecule has 0 radical (unpaired) electrons. The summed E-state index contributed by atoms with van der Waals surface area (Å²) in [6.07, 6.45) is 1.56. The number of nitrogens with zero attached hydrogens (tertiary/aromatic N) is 3. The summed E-state index contributed by atoms with van der Waals surface area (Å²) >= 11 is 0. The van der Waals surface area contributed by atoms with Crippen molar-refractivity contribution in [1.82, 2.24) is 14.4 Å². The molecule has 0 unspecified atom stereocenters. The molecule has 2 aliphatic heterocycles. The van der Waals surface area contributed by atoms with Gasteiger partial charge in [0.2, 0.25) is 17.2 Å². The van der Waals surface area contributed by atoms with E-state index in [1.165, 1.54) is 13.2 Å². The first-order valence-electron chi connectivity index (χ1n) is 10.9. The number of fused-ring (bicyclic) bond motifs is 1. The number of piperazine rings is 1. The van der Waals surface area contributed by atoms with Crippen LogP contribution in [0.25, 0.3) is 0 Å². The first-order valence-corrected chi connectivity index (χ1v) is 10.9. The quantitative estimate of drug-likeness (QED) is 0.690. The highest BCUT2D eigenvalue weighted by Crippen LogP contribution is 2.32. The molecule has 1 saturated heterocycles. The highest BCUT2D eigenvalue weighted by molar-refractivity contribution is 5.91. The van der Waals surface area contributed by atoms with E-state index < -0.39 is 0 Å². The Kier molecular flexibility index (Phi) is 6.83. The maximum atomic E-state index is 12.8. The zero-order chi connectivity index (χ0) is 23.4. The second-order valence-electron chi connectivity index (χ2n) is 8.01. The number of pyridine rings is 1. The van der Waals surface area contributed by atoms with Crippen LogP contribution in [-0.4, -0.2) is 72.7 Å². The van der Waals surface area contributed by atoms with Crippen molar-refractivity contribution in [2.45, 2.75) is 20.0 Å². The topological polar surface area (TPSA) is 102 Å². The summed E-state index contributed by atoms with van der Waals surface area (Å²) in [5.41, 5.74) is 1.06. The van der Waals surface area contributed by atoms with E-state index in [4.69, 9.17) is 14.2 Å². The lowest BCUT2D eigenvalue weighted by atomic mass is 10.2. The Morgan fingerprint density at radius 2 is 1.79 bits per heavy atom. The molecule has 2 aromatic rings. The normalized spacial score (nSPS) is 15.8. The maximum absolute atomic E-state index is 12.8. The fraction of sp³-hybridized carbons (Fsp3) is 0.435. The van der Waals surface area contributed by atoms with Gasteiger partial charge < -0.3 is 29.0 Å². The molecule has 2 aliphatic rings. The Morgan fingerprint density at radius 3 is 2.48 bits per heavy atom. The number of benzene rings is 1. The molecule has 2 amide bonds. The lowest BCUT2D eigenvalue weighted by Gasteiger charge is -2.34. The van der Waals surface area contributed by atoms with Gasteiger partial charge in [0.15, 0.2) is 17.2 Å².